The number of rotatable bonds is 4. The first kappa shape index (κ1) is 12.8. The highest BCUT2D eigenvalue weighted by Gasteiger charge is 2.25. The van der Waals surface area contributed by atoms with Gasteiger partial charge in [-0.2, -0.15) is 0 Å². The summed E-state index contributed by atoms with van der Waals surface area (Å²) in [5.74, 6) is 0.150. The van der Waals surface area contributed by atoms with Gasteiger partial charge in [0.05, 0.1) is 6.10 Å². The predicted molar refractivity (Wildman–Crippen MR) is 71.2 cm³/mol. The van der Waals surface area contributed by atoms with E-state index in [9.17, 15) is 9.90 Å². The van der Waals surface area contributed by atoms with Gasteiger partial charge in [-0.25, -0.2) is 0 Å². The van der Waals surface area contributed by atoms with Crippen LogP contribution >= 0.6 is 0 Å². The number of hydrogen-bond acceptors (Lipinski definition) is 2. The van der Waals surface area contributed by atoms with Crippen LogP contribution in [0.2, 0.25) is 0 Å². The zero-order chi connectivity index (χ0) is 13.0. The Morgan fingerprint density at radius 1 is 1.50 bits per heavy atom. The Bertz CT molecular complexity index is 416. The summed E-state index contributed by atoms with van der Waals surface area (Å²) in [6.07, 6.45) is 2.59. The van der Waals surface area contributed by atoms with Gasteiger partial charge in [0.1, 0.15) is 0 Å². The van der Waals surface area contributed by atoms with Crippen molar-refractivity contribution in [1.29, 1.82) is 0 Å². The molecule has 1 fully saturated rings. The van der Waals surface area contributed by atoms with Gasteiger partial charge in [-0.05, 0) is 12.0 Å². The summed E-state index contributed by atoms with van der Waals surface area (Å²) < 4.78 is 0. The van der Waals surface area contributed by atoms with Gasteiger partial charge in [0.25, 0.3) is 0 Å². The molecule has 0 spiro atoms. The maximum absolute atomic E-state index is 12.1. The molecule has 2 atom stereocenters. The number of carbonyl (C=O) groups excluding carboxylic acids is 1. The zero-order valence-electron chi connectivity index (χ0n) is 10.5. The second-order valence-corrected chi connectivity index (χ2v) is 4.74. The van der Waals surface area contributed by atoms with Crippen molar-refractivity contribution in [2.24, 2.45) is 0 Å². The lowest BCUT2D eigenvalue weighted by atomic mass is 9.95. The smallest absolute Gasteiger partial charge is 0.223 e. The molecule has 96 valence electrons. The van der Waals surface area contributed by atoms with Crippen LogP contribution in [0.25, 0.3) is 0 Å². The van der Waals surface area contributed by atoms with Crippen LogP contribution in [0.4, 0.5) is 0 Å². The Hall–Kier alpha value is -1.61. The summed E-state index contributed by atoms with van der Waals surface area (Å²) in [6.45, 7) is 4.95. The second kappa shape index (κ2) is 5.83. The summed E-state index contributed by atoms with van der Waals surface area (Å²) in [5, 5.41) is 9.44. The Balaban J connectivity index is 1.99. The average Bonchev–Trinajstić information content (AvgIpc) is 2.83. The summed E-state index contributed by atoms with van der Waals surface area (Å²) >= 11 is 0. The number of carbonyl (C=O) groups is 1. The SMILES string of the molecule is C=CC(CC(=O)N1CC[C@@H](O)C1)c1ccccc1. The topological polar surface area (TPSA) is 40.5 Å². The van der Waals surface area contributed by atoms with E-state index in [1.54, 1.807) is 4.90 Å². The summed E-state index contributed by atoms with van der Waals surface area (Å²) in [4.78, 5) is 13.8. The largest absolute Gasteiger partial charge is 0.391 e. The van der Waals surface area contributed by atoms with E-state index in [0.29, 0.717) is 25.9 Å². The average molecular weight is 245 g/mol. The maximum Gasteiger partial charge on any atom is 0.223 e. The lowest BCUT2D eigenvalue weighted by molar-refractivity contribution is -0.130. The van der Waals surface area contributed by atoms with E-state index in [-0.39, 0.29) is 17.9 Å². The fourth-order valence-electron chi connectivity index (χ4n) is 2.32. The third-order valence-electron chi connectivity index (χ3n) is 3.42. The molecule has 0 aromatic heterocycles. The quantitative estimate of drug-likeness (QED) is 0.824. The fraction of sp³-hybridized carbons (Fsp3) is 0.400. The fourth-order valence-corrected chi connectivity index (χ4v) is 2.32. The van der Waals surface area contributed by atoms with Crippen molar-refractivity contribution in [2.45, 2.75) is 24.9 Å². The third kappa shape index (κ3) is 2.99. The molecule has 0 aliphatic carbocycles. The lowest BCUT2D eigenvalue weighted by Crippen LogP contribution is -2.30. The molecule has 1 heterocycles. The Morgan fingerprint density at radius 2 is 2.22 bits per heavy atom. The van der Waals surface area contributed by atoms with Crippen LogP contribution < -0.4 is 0 Å². The molecule has 0 bridgehead atoms. The molecular formula is C15H19NO2. The van der Waals surface area contributed by atoms with E-state index in [0.717, 1.165) is 5.56 Å². The van der Waals surface area contributed by atoms with Crippen molar-refractivity contribution in [3.63, 3.8) is 0 Å². The number of benzene rings is 1. The summed E-state index contributed by atoms with van der Waals surface area (Å²) in [5.41, 5.74) is 1.11. The van der Waals surface area contributed by atoms with Crippen LogP contribution in [0.5, 0.6) is 0 Å². The molecule has 1 saturated heterocycles. The monoisotopic (exact) mass is 245 g/mol. The molecule has 3 heteroatoms. The van der Waals surface area contributed by atoms with E-state index in [1.165, 1.54) is 0 Å². The van der Waals surface area contributed by atoms with E-state index < -0.39 is 0 Å². The van der Waals surface area contributed by atoms with Crippen molar-refractivity contribution < 1.29 is 9.90 Å². The molecule has 1 aromatic rings. The predicted octanol–water partition coefficient (Wildman–Crippen LogP) is 1.94. The van der Waals surface area contributed by atoms with Crippen molar-refractivity contribution >= 4 is 5.91 Å². The van der Waals surface area contributed by atoms with Crippen molar-refractivity contribution in [1.82, 2.24) is 4.90 Å². The third-order valence-corrected chi connectivity index (χ3v) is 3.42. The van der Waals surface area contributed by atoms with Gasteiger partial charge in [-0.3, -0.25) is 4.79 Å². The number of likely N-dealkylation sites (tertiary alicyclic amines) is 1. The molecule has 1 unspecified atom stereocenters. The number of hydrogen-bond donors (Lipinski definition) is 1. The normalized spacial score (nSPS) is 20.7. The maximum atomic E-state index is 12.1. The van der Waals surface area contributed by atoms with Gasteiger partial charge < -0.3 is 10.0 Å². The number of amides is 1. The van der Waals surface area contributed by atoms with Crippen molar-refractivity contribution in [3.8, 4) is 0 Å². The first-order chi connectivity index (χ1) is 8.70. The minimum absolute atomic E-state index is 0.0523. The number of aliphatic hydroxyl groups is 1. The van der Waals surface area contributed by atoms with Crippen LogP contribution in [0, 0.1) is 0 Å². The van der Waals surface area contributed by atoms with E-state index in [1.807, 2.05) is 36.4 Å². The molecular weight excluding hydrogens is 226 g/mol. The Labute approximate surface area is 108 Å². The number of allylic oxidation sites excluding steroid dienone is 1. The molecule has 0 saturated carbocycles. The molecule has 1 aromatic carbocycles. The van der Waals surface area contributed by atoms with Gasteiger partial charge in [0.15, 0.2) is 0 Å². The van der Waals surface area contributed by atoms with Crippen LogP contribution in [-0.2, 0) is 4.79 Å². The van der Waals surface area contributed by atoms with E-state index in [2.05, 4.69) is 6.58 Å². The highest BCUT2D eigenvalue weighted by atomic mass is 16.3. The summed E-state index contributed by atoms with van der Waals surface area (Å²) in [6, 6.07) is 9.92. The van der Waals surface area contributed by atoms with E-state index in [4.69, 9.17) is 0 Å². The molecule has 1 aliphatic rings. The Kier molecular flexibility index (Phi) is 4.15. The van der Waals surface area contributed by atoms with Gasteiger partial charge in [0, 0.05) is 25.4 Å². The van der Waals surface area contributed by atoms with Crippen LogP contribution in [0.3, 0.4) is 0 Å². The molecule has 3 nitrogen and oxygen atoms in total. The molecule has 0 radical (unpaired) electrons. The van der Waals surface area contributed by atoms with Gasteiger partial charge >= 0.3 is 0 Å². The second-order valence-electron chi connectivity index (χ2n) is 4.74. The van der Waals surface area contributed by atoms with Gasteiger partial charge in [0.2, 0.25) is 5.91 Å². The molecule has 1 aliphatic heterocycles. The zero-order valence-corrected chi connectivity index (χ0v) is 10.5. The van der Waals surface area contributed by atoms with Crippen LogP contribution in [0.1, 0.15) is 24.3 Å². The van der Waals surface area contributed by atoms with Gasteiger partial charge in [-0.1, -0.05) is 36.4 Å². The molecule has 2 rings (SSSR count). The number of aliphatic hydroxyl groups excluding tert-OH is 1. The number of β-amino-alcohol motifs (C(OH)–C–C–N with tert-alkyl or cyclic N) is 1. The molecule has 18 heavy (non-hydrogen) atoms. The van der Waals surface area contributed by atoms with Crippen LogP contribution in [-0.4, -0.2) is 35.1 Å². The Morgan fingerprint density at radius 3 is 2.78 bits per heavy atom. The minimum atomic E-state index is -0.354. The molecule has 1 amide bonds. The van der Waals surface area contributed by atoms with Crippen molar-refractivity contribution in [2.75, 3.05) is 13.1 Å². The summed E-state index contributed by atoms with van der Waals surface area (Å²) in [7, 11) is 0. The highest BCUT2D eigenvalue weighted by molar-refractivity contribution is 5.77. The van der Waals surface area contributed by atoms with Gasteiger partial charge in [-0.15, -0.1) is 6.58 Å². The lowest BCUT2D eigenvalue weighted by Gasteiger charge is -2.19. The highest BCUT2D eigenvalue weighted by Crippen LogP contribution is 2.22. The van der Waals surface area contributed by atoms with E-state index >= 15 is 0 Å². The standard InChI is InChI=1S/C15H19NO2/c1-2-12(13-6-4-3-5-7-13)10-15(18)16-9-8-14(17)11-16/h2-7,12,14,17H,1,8-11H2/t12?,14-/m1/s1. The first-order valence-electron chi connectivity index (χ1n) is 6.34. The van der Waals surface area contributed by atoms with Crippen LogP contribution in [0.15, 0.2) is 43.0 Å². The van der Waals surface area contributed by atoms with Crippen molar-refractivity contribution in [3.05, 3.63) is 48.6 Å². The minimum Gasteiger partial charge on any atom is -0.391 e. The number of nitrogens with zero attached hydrogens (tertiary/aromatic N) is 1. The molecule has 1 N–H and O–H groups in total. The first-order valence-corrected chi connectivity index (χ1v) is 6.34.